The minimum absolute atomic E-state index is 0.00798. The smallest absolute Gasteiger partial charge is 0.343 e. The number of allylic oxidation sites excluding steroid dienone is 3. The molecule has 1 unspecified atom stereocenters. The number of methoxy groups -OCH3 is 1. The van der Waals surface area contributed by atoms with Crippen molar-refractivity contribution in [2.24, 2.45) is 52.8 Å². The molecule has 1 aromatic rings. The Kier molecular flexibility index (Phi) is 8.43. The van der Waals surface area contributed by atoms with E-state index in [0.717, 1.165) is 43.9 Å². The molecule has 1 aromatic carbocycles. The summed E-state index contributed by atoms with van der Waals surface area (Å²) >= 11 is 0. The Labute approximate surface area is 317 Å². The predicted molar refractivity (Wildman–Crippen MR) is 207 cm³/mol. The maximum atomic E-state index is 13.3. The zero-order valence-corrected chi connectivity index (χ0v) is 32.5. The molecule has 5 heterocycles. The van der Waals surface area contributed by atoms with Crippen LogP contribution >= 0.6 is 21.6 Å². The van der Waals surface area contributed by atoms with Gasteiger partial charge in [0.1, 0.15) is 5.76 Å². The minimum atomic E-state index is -0.442. The van der Waals surface area contributed by atoms with Crippen molar-refractivity contribution in [3.8, 4) is 0 Å². The SMILES string of the molecule is COC1=C(C)C(=O)OC1=C1OC2=CCCN3[C@H]4[C@@H](O)[C@H]5C[C@@H](C)CC=C5[C@H]5C=CC6[C@H]4[C@H](C[C@@H]3[C@H]2[C@@H]1C)[C@@H](c1ccccc1)[C@]61CC[C@H](CSS5)C1. The van der Waals surface area contributed by atoms with Crippen LogP contribution in [0.15, 0.2) is 88.8 Å². The summed E-state index contributed by atoms with van der Waals surface area (Å²) in [6, 6.07) is 11.8. The first-order valence-corrected chi connectivity index (χ1v) is 22.4. The highest BCUT2D eigenvalue weighted by Gasteiger charge is 2.68. The van der Waals surface area contributed by atoms with Crippen molar-refractivity contribution < 1.29 is 24.1 Å². The topological polar surface area (TPSA) is 68.2 Å². The van der Waals surface area contributed by atoms with Gasteiger partial charge in [-0.15, -0.1) is 0 Å². The fraction of sp³-hybridized carbons (Fsp3) is 0.614. The number of carbonyl (C=O) groups excluding carboxylic acids is 1. The molecule has 2 saturated carbocycles. The van der Waals surface area contributed by atoms with E-state index in [1.807, 2.05) is 0 Å². The number of esters is 1. The van der Waals surface area contributed by atoms with Crippen molar-refractivity contribution >= 4 is 27.6 Å². The highest BCUT2D eigenvalue weighted by atomic mass is 33.1. The maximum Gasteiger partial charge on any atom is 0.343 e. The third kappa shape index (κ3) is 4.95. The molecule has 52 heavy (non-hydrogen) atoms. The summed E-state index contributed by atoms with van der Waals surface area (Å²) in [7, 11) is 5.77. The van der Waals surface area contributed by atoms with E-state index in [1.54, 1.807) is 14.0 Å². The Balaban J connectivity index is 1.16. The van der Waals surface area contributed by atoms with Gasteiger partial charge in [0.25, 0.3) is 0 Å². The lowest BCUT2D eigenvalue weighted by Crippen LogP contribution is -2.62. The second kappa shape index (κ2) is 12.8. The quantitative estimate of drug-likeness (QED) is 0.184. The van der Waals surface area contributed by atoms with Gasteiger partial charge in [0.15, 0.2) is 11.5 Å². The molecule has 5 aliphatic heterocycles. The Morgan fingerprint density at radius 2 is 1.92 bits per heavy atom. The number of ether oxygens (including phenoxy) is 3. The normalized spacial score (nSPS) is 46.5. The number of nitrogens with zero attached hydrogens (tertiary/aromatic N) is 1. The number of rotatable bonds is 2. The van der Waals surface area contributed by atoms with Gasteiger partial charge in [-0.1, -0.05) is 89.6 Å². The third-order valence-electron chi connectivity index (χ3n) is 15.2. The van der Waals surface area contributed by atoms with Gasteiger partial charge in [0.2, 0.25) is 5.76 Å². The summed E-state index contributed by atoms with van der Waals surface area (Å²) in [5, 5.41) is 13.6. The second-order valence-electron chi connectivity index (χ2n) is 17.6. The molecular formula is C44H53NO5S2. The van der Waals surface area contributed by atoms with Crippen LogP contribution in [0.4, 0.5) is 0 Å². The Morgan fingerprint density at radius 1 is 1.08 bits per heavy atom. The molecule has 4 aliphatic carbocycles. The lowest BCUT2D eigenvalue weighted by molar-refractivity contribution is -0.133. The first kappa shape index (κ1) is 34.1. The van der Waals surface area contributed by atoms with Gasteiger partial charge in [0, 0.05) is 42.1 Å². The number of piperidine rings is 1. The highest BCUT2D eigenvalue weighted by molar-refractivity contribution is 8.77. The van der Waals surface area contributed by atoms with E-state index in [0.29, 0.717) is 57.7 Å². The van der Waals surface area contributed by atoms with Crippen LogP contribution in [0.25, 0.3) is 0 Å². The predicted octanol–water partition coefficient (Wildman–Crippen LogP) is 8.79. The summed E-state index contributed by atoms with van der Waals surface area (Å²) in [4.78, 5) is 15.6. The number of hydrogen-bond acceptors (Lipinski definition) is 8. The molecule has 1 spiro atoms. The van der Waals surface area contributed by atoms with Gasteiger partial charge >= 0.3 is 5.97 Å². The zero-order chi connectivity index (χ0) is 35.5. The first-order valence-electron chi connectivity index (χ1n) is 20.0. The maximum absolute atomic E-state index is 13.3. The van der Waals surface area contributed by atoms with Crippen molar-refractivity contribution in [3.63, 3.8) is 0 Å². The summed E-state index contributed by atoms with van der Waals surface area (Å²) in [6.07, 6.45) is 17.7. The van der Waals surface area contributed by atoms with Crippen molar-refractivity contribution in [2.45, 2.75) is 95.1 Å². The van der Waals surface area contributed by atoms with Gasteiger partial charge in [-0.3, -0.25) is 4.90 Å². The molecule has 4 bridgehead atoms. The molecule has 0 radical (unpaired) electrons. The summed E-state index contributed by atoms with van der Waals surface area (Å²) in [5.74, 6) is 6.73. The van der Waals surface area contributed by atoms with Crippen LogP contribution in [-0.4, -0.2) is 58.8 Å². The number of fused-ring (bicyclic) bond motifs is 8. The van der Waals surface area contributed by atoms with Crippen LogP contribution in [0.1, 0.15) is 77.2 Å². The lowest BCUT2D eigenvalue weighted by atomic mass is 9.65. The van der Waals surface area contributed by atoms with Crippen LogP contribution in [-0.2, 0) is 19.0 Å². The summed E-state index contributed by atoms with van der Waals surface area (Å²) < 4.78 is 18.4. The van der Waals surface area contributed by atoms with E-state index in [-0.39, 0.29) is 41.2 Å². The fourth-order valence-corrected chi connectivity index (χ4v) is 16.3. The van der Waals surface area contributed by atoms with E-state index in [1.165, 1.54) is 36.2 Å². The van der Waals surface area contributed by atoms with Crippen LogP contribution in [0, 0.1) is 52.8 Å². The Morgan fingerprint density at radius 3 is 2.75 bits per heavy atom. The minimum Gasteiger partial charge on any atom is -0.492 e. The van der Waals surface area contributed by atoms with Gasteiger partial charge in [-0.05, 0) is 104 Å². The van der Waals surface area contributed by atoms with Gasteiger partial charge in [0.05, 0.1) is 24.0 Å². The molecule has 1 N–H and O–H groups in total. The average Bonchev–Trinajstić information content (AvgIpc) is 3.83. The molecule has 9 aliphatic rings. The van der Waals surface area contributed by atoms with E-state index >= 15 is 0 Å². The van der Waals surface area contributed by atoms with E-state index < -0.39 is 6.10 Å². The number of benzene rings is 1. The van der Waals surface area contributed by atoms with E-state index in [2.05, 4.69) is 95.0 Å². The van der Waals surface area contributed by atoms with Gasteiger partial charge < -0.3 is 19.3 Å². The standard InChI is InChI=1S/C44H53NO5S2/c1-23-12-13-28-29(19-23)39(46)38-36-30(37(27-9-6-5-7-10-27)44-17-16-26(21-44)22-51-52-34(28)15-14-31(36)44)20-32-35-24(2)41(49-33(35)11-8-18-45(32)38)42-40(48-4)25(3)43(47)50-42/h5-7,9-11,13-15,23-24,26,29-32,34-39,46H,8,12,16-22H2,1-4H3/t23-,24-,26-,29-,30-,31?,32+,34+,35+,36+,37+,38+,39-,44-/m0/s1. The Hall–Kier alpha value is -2.39. The van der Waals surface area contributed by atoms with Crippen molar-refractivity contribution in [1.82, 2.24) is 4.90 Å². The molecule has 4 fully saturated rings. The third-order valence-corrected chi connectivity index (χ3v) is 18.0. The van der Waals surface area contributed by atoms with E-state index in [9.17, 15) is 9.90 Å². The number of cyclic esters (lactones) is 1. The molecule has 0 amide bonds. The lowest BCUT2D eigenvalue weighted by Gasteiger charge is -2.54. The molecule has 6 nitrogen and oxygen atoms in total. The number of aliphatic hydroxyl groups excluding tert-OH is 1. The molecule has 276 valence electrons. The van der Waals surface area contributed by atoms with Crippen LogP contribution in [0.2, 0.25) is 0 Å². The molecule has 10 rings (SSSR count). The molecule has 14 atom stereocenters. The highest BCUT2D eigenvalue weighted by Crippen LogP contribution is 2.72. The van der Waals surface area contributed by atoms with Gasteiger partial charge in [-0.25, -0.2) is 4.79 Å². The van der Waals surface area contributed by atoms with Crippen molar-refractivity contribution in [3.05, 3.63) is 94.4 Å². The summed E-state index contributed by atoms with van der Waals surface area (Å²) in [6.45, 7) is 7.32. The largest absolute Gasteiger partial charge is 0.492 e. The molecule has 0 aromatic heterocycles. The first-order chi connectivity index (χ1) is 25.3. The second-order valence-corrected chi connectivity index (χ2v) is 20.2. The average molecular weight is 740 g/mol. The zero-order valence-electron chi connectivity index (χ0n) is 30.9. The van der Waals surface area contributed by atoms with Crippen LogP contribution < -0.4 is 0 Å². The molecule has 2 saturated heterocycles. The van der Waals surface area contributed by atoms with Crippen LogP contribution in [0.3, 0.4) is 0 Å². The van der Waals surface area contributed by atoms with Crippen molar-refractivity contribution in [1.29, 1.82) is 0 Å². The monoisotopic (exact) mass is 739 g/mol. The Bertz CT molecular complexity index is 1800. The molecule has 8 heteroatoms. The van der Waals surface area contributed by atoms with Gasteiger partial charge in [-0.2, -0.15) is 0 Å². The number of carbonyl (C=O) groups is 1. The van der Waals surface area contributed by atoms with E-state index in [4.69, 9.17) is 14.2 Å². The molecular weight excluding hydrogens is 687 g/mol. The number of hydrogen-bond donors (Lipinski definition) is 1. The fourth-order valence-electron chi connectivity index (χ4n) is 13.3. The summed E-state index contributed by atoms with van der Waals surface area (Å²) in [5.41, 5.74) is 3.65. The van der Waals surface area contributed by atoms with Crippen LogP contribution in [0.5, 0.6) is 0 Å². The van der Waals surface area contributed by atoms with Crippen molar-refractivity contribution in [2.75, 3.05) is 19.4 Å². The number of aliphatic hydroxyl groups is 1.